The number of amides is 1. The molecule has 2 aromatic carbocycles. The average molecular weight is 375 g/mol. The van der Waals surface area contributed by atoms with Crippen LogP contribution in [0.2, 0.25) is 0 Å². The number of ether oxygens (including phenoxy) is 1. The Labute approximate surface area is 155 Å². The van der Waals surface area contributed by atoms with Gasteiger partial charge in [-0.05, 0) is 54.7 Å². The number of carboxylic acids is 1. The van der Waals surface area contributed by atoms with Gasteiger partial charge in [-0.3, -0.25) is 4.79 Å². The highest BCUT2D eigenvalue weighted by atomic mass is 19.2. The maximum absolute atomic E-state index is 13.3. The Kier molecular flexibility index (Phi) is 5.39. The van der Waals surface area contributed by atoms with Crippen LogP contribution in [0.5, 0.6) is 5.75 Å². The molecule has 0 radical (unpaired) electrons. The molecule has 5 nitrogen and oxygen atoms in total. The number of carbonyl (C=O) groups is 2. The molecule has 0 saturated heterocycles. The molecule has 0 aliphatic heterocycles. The molecule has 0 heterocycles. The number of benzene rings is 2. The van der Waals surface area contributed by atoms with E-state index in [1.807, 2.05) is 6.92 Å². The van der Waals surface area contributed by atoms with Gasteiger partial charge in [0.15, 0.2) is 18.2 Å². The van der Waals surface area contributed by atoms with Gasteiger partial charge in [-0.2, -0.15) is 0 Å². The zero-order valence-corrected chi connectivity index (χ0v) is 14.6. The molecule has 7 heteroatoms. The minimum absolute atomic E-state index is 0.0981. The van der Waals surface area contributed by atoms with Gasteiger partial charge in [-0.15, -0.1) is 0 Å². The van der Waals surface area contributed by atoms with Crippen LogP contribution in [0.4, 0.5) is 8.78 Å². The molecule has 1 amide bonds. The van der Waals surface area contributed by atoms with E-state index < -0.39 is 24.2 Å². The van der Waals surface area contributed by atoms with Gasteiger partial charge in [0.25, 0.3) is 0 Å². The van der Waals surface area contributed by atoms with Gasteiger partial charge in [-0.1, -0.05) is 18.2 Å². The topological polar surface area (TPSA) is 75.6 Å². The van der Waals surface area contributed by atoms with E-state index in [2.05, 4.69) is 5.32 Å². The summed E-state index contributed by atoms with van der Waals surface area (Å²) in [6.07, 6.45) is 0.603. The average Bonchev–Trinajstić information content (AvgIpc) is 3.43. The monoisotopic (exact) mass is 375 g/mol. The van der Waals surface area contributed by atoms with Crippen molar-refractivity contribution in [2.75, 3.05) is 6.61 Å². The smallest absolute Gasteiger partial charge is 0.341 e. The molecule has 1 aliphatic rings. The Bertz CT molecular complexity index is 854. The zero-order chi connectivity index (χ0) is 19.6. The van der Waals surface area contributed by atoms with Crippen LogP contribution < -0.4 is 10.1 Å². The Balaban J connectivity index is 1.55. The maximum atomic E-state index is 13.3. The molecule has 2 N–H and O–H groups in total. The Morgan fingerprint density at radius 3 is 2.52 bits per heavy atom. The zero-order valence-electron chi connectivity index (χ0n) is 14.6. The highest BCUT2D eigenvalue weighted by molar-refractivity contribution is 5.83. The van der Waals surface area contributed by atoms with E-state index in [0.29, 0.717) is 17.7 Å². The van der Waals surface area contributed by atoms with Crippen molar-refractivity contribution in [1.29, 1.82) is 0 Å². The fraction of sp³-hybridized carbons (Fsp3) is 0.300. The highest BCUT2D eigenvalue weighted by Gasteiger charge is 2.44. The lowest BCUT2D eigenvalue weighted by molar-refractivity contribution is -0.139. The molecule has 2 aromatic rings. The number of hydrogen-bond donors (Lipinski definition) is 2. The van der Waals surface area contributed by atoms with E-state index in [1.54, 1.807) is 24.3 Å². The second kappa shape index (κ2) is 7.73. The number of carbonyl (C=O) groups excluding carboxylic acids is 1. The van der Waals surface area contributed by atoms with Crippen molar-refractivity contribution in [3.8, 4) is 5.75 Å². The van der Waals surface area contributed by atoms with Crippen LogP contribution in [0.25, 0.3) is 0 Å². The highest BCUT2D eigenvalue weighted by Crippen LogP contribution is 2.48. The standard InChI is InChI=1S/C20H19F2NO4/c1-11(12-2-5-14(6-3-12)27-10-19(24)25)23-20(26)16-9-15(16)13-4-7-17(21)18(22)8-13/h2-8,11,15-16H,9-10H2,1H3,(H,23,26)(H,24,25). The van der Waals surface area contributed by atoms with E-state index >= 15 is 0 Å². The predicted molar refractivity (Wildman–Crippen MR) is 93.3 cm³/mol. The number of hydrogen-bond acceptors (Lipinski definition) is 3. The summed E-state index contributed by atoms with van der Waals surface area (Å²) in [6.45, 7) is 1.42. The van der Waals surface area contributed by atoms with Gasteiger partial charge in [0, 0.05) is 5.92 Å². The van der Waals surface area contributed by atoms with Crippen LogP contribution in [-0.4, -0.2) is 23.6 Å². The van der Waals surface area contributed by atoms with Gasteiger partial charge >= 0.3 is 5.97 Å². The summed E-state index contributed by atoms with van der Waals surface area (Å²) in [5, 5.41) is 11.5. The van der Waals surface area contributed by atoms with Crippen molar-refractivity contribution in [2.24, 2.45) is 5.92 Å². The van der Waals surface area contributed by atoms with E-state index in [4.69, 9.17) is 9.84 Å². The predicted octanol–water partition coefficient (Wildman–Crippen LogP) is 3.41. The molecule has 3 unspecified atom stereocenters. The van der Waals surface area contributed by atoms with Crippen LogP contribution in [0.15, 0.2) is 42.5 Å². The summed E-state index contributed by atoms with van der Waals surface area (Å²) in [5.74, 6) is -2.92. The number of aliphatic carboxylic acids is 1. The van der Waals surface area contributed by atoms with E-state index in [-0.39, 0.29) is 23.8 Å². The van der Waals surface area contributed by atoms with Gasteiger partial charge in [0.1, 0.15) is 5.75 Å². The molecular formula is C20H19F2NO4. The summed E-state index contributed by atoms with van der Waals surface area (Å²) >= 11 is 0. The van der Waals surface area contributed by atoms with E-state index in [0.717, 1.165) is 17.7 Å². The quantitative estimate of drug-likeness (QED) is 0.778. The maximum Gasteiger partial charge on any atom is 0.341 e. The molecule has 142 valence electrons. The molecule has 3 rings (SSSR count). The summed E-state index contributed by atoms with van der Waals surface area (Å²) in [5.41, 5.74) is 1.47. The van der Waals surface area contributed by atoms with Crippen LogP contribution in [0.1, 0.15) is 36.4 Å². The van der Waals surface area contributed by atoms with Crippen molar-refractivity contribution in [1.82, 2.24) is 5.32 Å². The Morgan fingerprint density at radius 2 is 1.89 bits per heavy atom. The third-order valence-electron chi connectivity index (χ3n) is 4.60. The van der Waals surface area contributed by atoms with E-state index in [1.165, 1.54) is 6.07 Å². The van der Waals surface area contributed by atoms with Crippen LogP contribution in [0, 0.1) is 17.6 Å². The first-order valence-corrected chi connectivity index (χ1v) is 8.55. The summed E-state index contributed by atoms with van der Waals surface area (Å²) in [4.78, 5) is 22.9. The van der Waals surface area contributed by atoms with Crippen LogP contribution >= 0.6 is 0 Å². The van der Waals surface area contributed by atoms with Crippen molar-refractivity contribution < 1.29 is 28.2 Å². The summed E-state index contributed by atoms with van der Waals surface area (Å²) in [7, 11) is 0. The lowest BCUT2D eigenvalue weighted by Gasteiger charge is -2.15. The summed E-state index contributed by atoms with van der Waals surface area (Å²) in [6, 6.07) is 10.3. The molecule has 3 atom stereocenters. The second-order valence-corrected chi connectivity index (χ2v) is 6.60. The number of rotatable bonds is 7. The molecule has 0 spiro atoms. The fourth-order valence-corrected chi connectivity index (χ4v) is 3.00. The molecule has 27 heavy (non-hydrogen) atoms. The van der Waals surface area contributed by atoms with Crippen molar-refractivity contribution in [2.45, 2.75) is 25.3 Å². The van der Waals surface area contributed by atoms with Crippen molar-refractivity contribution in [3.63, 3.8) is 0 Å². The molecule has 0 aromatic heterocycles. The second-order valence-electron chi connectivity index (χ2n) is 6.60. The first-order valence-electron chi connectivity index (χ1n) is 8.55. The Hall–Kier alpha value is -2.96. The summed E-state index contributed by atoms with van der Waals surface area (Å²) < 4.78 is 31.4. The SMILES string of the molecule is CC(NC(=O)C1CC1c1ccc(F)c(F)c1)c1ccc(OCC(=O)O)cc1. The fourth-order valence-electron chi connectivity index (χ4n) is 3.00. The van der Waals surface area contributed by atoms with Crippen molar-refractivity contribution in [3.05, 3.63) is 65.2 Å². The third kappa shape index (κ3) is 4.61. The minimum Gasteiger partial charge on any atom is -0.482 e. The number of carboxylic acid groups (broad SMARTS) is 1. The van der Waals surface area contributed by atoms with Crippen LogP contribution in [-0.2, 0) is 9.59 Å². The lowest BCUT2D eigenvalue weighted by Crippen LogP contribution is -2.28. The molecule has 1 aliphatic carbocycles. The normalized spacial score (nSPS) is 19.2. The molecule has 1 fully saturated rings. The Morgan fingerprint density at radius 1 is 1.19 bits per heavy atom. The lowest BCUT2D eigenvalue weighted by atomic mass is 10.1. The molecule has 1 saturated carbocycles. The minimum atomic E-state index is -1.06. The van der Waals surface area contributed by atoms with Gasteiger partial charge in [0.05, 0.1) is 6.04 Å². The van der Waals surface area contributed by atoms with E-state index in [9.17, 15) is 18.4 Å². The van der Waals surface area contributed by atoms with Gasteiger partial charge < -0.3 is 15.2 Å². The third-order valence-corrected chi connectivity index (χ3v) is 4.60. The molecule has 0 bridgehead atoms. The van der Waals surface area contributed by atoms with Gasteiger partial charge in [-0.25, -0.2) is 13.6 Å². The first kappa shape index (κ1) is 18.8. The largest absolute Gasteiger partial charge is 0.482 e. The number of nitrogens with one attached hydrogen (secondary N) is 1. The first-order chi connectivity index (χ1) is 12.8. The van der Waals surface area contributed by atoms with Crippen LogP contribution in [0.3, 0.4) is 0 Å². The van der Waals surface area contributed by atoms with Crippen molar-refractivity contribution >= 4 is 11.9 Å². The molecular weight excluding hydrogens is 356 g/mol. The number of halogens is 2. The van der Waals surface area contributed by atoms with Gasteiger partial charge in [0.2, 0.25) is 5.91 Å².